The minimum absolute atomic E-state index is 0.173. The lowest BCUT2D eigenvalue weighted by Crippen LogP contribution is -2.48. The molecule has 2 fully saturated rings. The van der Waals surface area contributed by atoms with Crippen LogP contribution in [0.25, 0.3) is 0 Å². The van der Waals surface area contributed by atoms with Gasteiger partial charge in [0.05, 0.1) is 17.1 Å². The fourth-order valence-corrected chi connectivity index (χ4v) is 4.26. The van der Waals surface area contributed by atoms with Gasteiger partial charge in [-0.15, -0.1) is 0 Å². The number of ether oxygens (including phenoxy) is 1. The van der Waals surface area contributed by atoms with Gasteiger partial charge in [-0.2, -0.15) is 0 Å². The van der Waals surface area contributed by atoms with Crippen LogP contribution in [0.2, 0.25) is 0 Å². The Bertz CT molecular complexity index is 604. The van der Waals surface area contributed by atoms with Crippen molar-refractivity contribution in [3.05, 3.63) is 33.9 Å². The van der Waals surface area contributed by atoms with Crippen molar-refractivity contribution in [2.24, 2.45) is 5.92 Å². The quantitative estimate of drug-likeness (QED) is 0.618. The lowest BCUT2D eigenvalue weighted by molar-refractivity contribution is -0.384. The number of hydrogen-bond acceptors (Lipinski definition) is 5. The number of non-ortho nitro benzene ring substituents is 1. The third kappa shape index (κ3) is 4.50. The summed E-state index contributed by atoms with van der Waals surface area (Å²) in [7, 11) is 0. The Labute approximate surface area is 149 Å². The number of piperidine rings is 1. The van der Waals surface area contributed by atoms with E-state index in [4.69, 9.17) is 4.74 Å². The number of morpholine rings is 1. The molecule has 2 aliphatic heterocycles. The van der Waals surface area contributed by atoms with Crippen molar-refractivity contribution in [3.8, 4) is 0 Å². The number of nitrogens with zero attached hydrogens (tertiary/aromatic N) is 3. The van der Waals surface area contributed by atoms with Crippen LogP contribution < -0.4 is 4.90 Å². The third-order valence-corrected chi connectivity index (χ3v) is 5.36. The van der Waals surface area contributed by atoms with E-state index in [0.717, 1.165) is 49.9 Å². The van der Waals surface area contributed by atoms with E-state index in [2.05, 4.69) is 23.6 Å². The van der Waals surface area contributed by atoms with Gasteiger partial charge in [0.15, 0.2) is 0 Å². The summed E-state index contributed by atoms with van der Waals surface area (Å²) in [6.45, 7) is 11.6. The molecule has 2 heterocycles. The number of nitro benzene ring substituents is 1. The molecule has 25 heavy (non-hydrogen) atoms. The molecule has 2 unspecified atom stereocenters. The Morgan fingerprint density at radius 3 is 2.40 bits per heavy atom. The summed E-state index contributed by atoms with van der Waals surface area (Å²) in [4.78, 5) is 15.5. The van der Waals surface area contributed by atoms with Crippen molar-refractivity contribution in [3.63, 3.8) is 0 Å². The van der Waals surface area contributed by atoms with Gasteiger partial charge in [0, 0.05) is 50.5 Å². The summed E-state index contributed by atoms with van der Waals surface area (Å²) in [6, 6.07) is 5.20. The predicted octanol–water partition coefficient (Wildman–Crippen LogP) is 3.23. The van der Waals surface area contributed by atoms with Crippen molar-refractivity contribution in [1.82, 2.24) is 4.90 Å². The van der Waals surface area contributed by atoms with E-state index in [1.807, 2.05) is 13.0 Å². The standard InChI is InChI=1S/C19H29N3O3/c1-14-10-18(22(23)24)4-5-19(14)21-8-6-17(7-9-21)13-20-11-15(2)25-16(3)12-20/h4-5,10,15-17H,6-9,11-13H2,1-3H3. The Morgan fingerprint density at radius 2 is 1.84 bits per heavy atom. The van der Waals surface area contributed by atoms with Crippen molar-refractivity contribution in [2.45, 2.75) is 45.8 Å². The smallest absolute Gasteiger partial charge is 0.269 e. The molecule has 6 heteroatoms. The molecule has 3 rings (SSSR count). The first-order valence-electron chi connectivity index (χ1n) is 9.30. The summed E-state index contributed by atoms with van der Waals surface area (Å²) in [5.41, 5.74) is 2.30. The fraction of sp³-hybridized carbons (Fsp3) is 0.684. The first-order valence-corrected chi connectivity index (χ1v) is 9.30. The Balaban J connectivity index is 1.54. The molecular formula is C19H29N3O3. The molecule has 0 aliphatic carbocycles. The van der Waals surface area contributed by atoms with Crippen molar-refractivity contribution in [2.75, 3.05) is 37.6 Å². The SMILES string of the molecule is Cc1cc([N+](=O)[O-])ccc1N1CCC(CN2CC(C)OC(C)C2)CC1. The molecule has 1 aromatic carbocycles. The zero-order valence-electron chi connectivity index (χ0n) is 15.5. The molecule has 0 aromatic heterocycles. The van der Waals surface area contributed by atoms with Crippen LogP contribution in [0.4, 0.5) is 11.4 Å². The number of rotatable bonds is 4. The number of anilines is 1. The normalized spacial score (nSPS) is 26.0. The zero-order chi connectivity index (χ0) is 18.0. The van der Waals surface area contributed by atoms with Gasteiger partial charge in [-0.1, -0.05) is 0 Å². The maximum atomic E-state index is 10.9. The minimum Gasteiger partial charge on any atom is -0.373 e. The van der Waals surface area contributed by atoms with Crippen molar-refractivity contribution in [1.29, 1.82) is 0 Å². The second-order valence-corrected chi connectivity index (χ2v) is 7.63. The molecule has 0 spiro atoms. The van der Waals surface area contributed by atoms with Crippen LogP contribution >= 0.6 is 0 Å². The van der Waals surface area contributed by atoms with Crippen LogP contribution in [0.5, 0.6) is 0 Å². The second kappa shape index (κ2) is 7.70. The van der Waals surface area contributed by atoms with Gasteiger partial charge >= 0.3 is 0 Å². The van der Waals surface area contributed by atoms with Crippen LogP contribution in [0.3, 0.4) is 0 Å². The lowest BCUT2D eigenvalue weighted by Gasteiger charge is -2.40. The molecule has 2 aliphatic rings. The minimum atomic E-state index is -0.326. The first-order chi connectivity index (χ1) is 11.9. The highest BCUT2D eigenvalue weighted by Gasteiger charge is 2.27. The Hall–Kier alpha value is -1.66. The molecule has 0 bridgehead atoms. The Morgan fingerprint density at radius 1 is 1.20 bits per heavy atom. The molecular weight excluding hydrogens is 318 g/mol. The molecule has 0 saturated carbocycles. The molecule has 6 nitrogen and oxygen atoms in total. The van der Waals surface area contributed by atoms with Gasteiger partial charge < -0.3 is 9.64 Å². The maximum absolute atomic E-state index is 10.9. The van der Waals surface area contributed by atoms with Gasteiger partial charge in [0.25, 0.3) is 5.69 Å². The zero-order valence-corrected chi connectivity index (χ0v) is 15.5. The highest BCUT2D eigenvalue weighted by atomic mass is 16.6. The highest BCUT2D eigenvalue weighted by molar-refractivity contribution is 5.57. The topological polar surface area (TPSA) is 58.9 Å². The van der Waals surface area contributed by atoms with E-state index < -0.39 is 0 Å². The number of benzene rings is 1. The van der Waals surface area contributed by atoms with Crippen LogP contribution in [-0.2, 0) is 4.74 Å². The van der Waals surface area contributed by atoms with Gasteiger partial charge in [0.2, 0.25) is 0 Å². The van der Waals surface area contributed by atoms with Crippen LogP contribution in [0.1, 0.15) is 32.3 Å². The predicted molar refractivity (Wildman–Crippen MR) is 99.2 cm³/mol. The lowest BCUT2D eigenvalue weighted by atomic mass is 9.94. The van der Waals surface area contributed by atoms with Gasteiger partial charge in [-0.05, 0) is 51.2 Å². The first kappa shape index (κ1) is 18.1. The highest BCUT2D eigenvalue weighted by Crippen LogP contribution is 2.29. The van der Waals surface area contributed by atoms with E-state index in [1.165, 1.54) is 12.8 Å². The summed E-state index contributed by atoms with van der Waals surface area (Å²) < 4.78 is 5.82. The van der Waals surface area contributed by atoms with Crippen LogP contribution in [-0.4, -0.2) is 54.8 Å². The summed E-state index contributed by atoms with van der Waals surface area (Å²) in [5, 5.41) is 10.9. The van der Waals surface area contributed by atoms with E-state index >= 15 is 0 Å². The van der Waals surface area contributed by atoms with Gasteiger partial charge in [0.1, 0.15) is 0 Å². The number of hydrogen-bond donors (Lipinski definition) is 0. The summed E-state index contributed by atoms with van der Waals surface area (Å²) in [5.74, 6) is 0.729. The van der Waals surface area contributed by atoms with E-state index in [-0.39, 0.29) is 10.6 Å². The number of aryl methyl sites for hydroxylation is 1. The molecule has 2 atom stereocenters. The van der Waals surface area contributed by atoms with Crippen molar-refractivity contribution < 1.29 is 9.66 Å². The average Bonchev–Trinajstić information content (AvgIpc) is 2.54. The molecule has 2 saturated heterocycles. The van der Waals surface area contributed by atoms with E-state index in [1.54, 1.807) is 12.1 Å². The molecule has 1 aromatic rings. The largest absolute Gasteiger partial charge is 0.373 e. The Kier molecular flexibility index (Phi) is 5.59. The molecule has 0 amide bonds. The molecule has 0 N–H and O–H groups in total. The van der Waals surface area contributed by atoms with E-state index in [0.29, 0.717) is 12.2 Å². The summed E-state index contributed by atoms with van der Waals surface area (Å²) in [6.07, 6.45) is 3.01. The second-order valence-electron chi connectivity index (χ2n) is 7.63. The average molecular weight is 347 g/mol. The van der Waals surface area contributed by atoms with Gasteiger partial charge in [-0.25, -0.2) is 0 Å². The van der Waals surface area contributed by atoms with Crippen molar-refractivity contribution >= 4 is 11.4 Å². The fourth-order valence-electron chi connectivity index (χ4n) is 4.26. The molecule has 138 valence electrons. The summed E-state index contributed by atoms with van der Waals surface area (Å²) >= 11 is 0. The molecule has 0 radical (unpaired) electrons. The monoisotopic (exact) mass is 347 g/mol. The van der Waals surface area contributed by atoms with E-state index in [9.17, 15) is 10.1 Å². The number of nitro groups is 1. The van der Waals surface area contributed by atoms with Gasteiger partial charge in [-0.3, -0.25) is 15.0 Å². The maximum Gasteiger partial charge on any atom is 0.269 e. The van der Waals surface area contributed by atoms with Crippen LogP contribution in [0.15, 0.2) is 18.2 Å². The van der Waals surface area contributed by atoms with Crippen LogP contribution in [0, 0.1) is 23.0 Å². The third-order valence-electron chi connectivity index (χ3n) is 5.36.